The van der Waals surface area contributed by atoms with Gasteiger partial charge in [0.25, 0.3) is 0 Å². The van der Waals surface area contributed by atoms with Crippen LogP contribution in [-0.2, 0) is 6.54 Å². The molecule has 1 unspecified atom stereocenters. The second-order valence-electron chi connectivity index (χ2n) is 5.17. The van der Waals surface area contributed by atoms with Crippen LogP contribution >= 0.6 is 0 Å². The molecule has 3 nitrogen and oxygen atoms in total. The molecule has 0 saturated heterocycles. The Morgan fingerprint density at radius 2 is 1.80 bits per heavy atom. The Labute approximate surface area is 123 Å². The SMILES string of the molecule is CCCCCC(CC)NCc1ccc(OC)c(OC)c1. The molecular formula is C17H29NO2. The first kappa shape index (κ1) is 16.8. The van der Waals surface area contributed by atoms with E-state index in [9.17, 15) is 0 Å². The molecule has 1 N–H and O–H groups in total. The number of benzene rings is 1. The van der Waals surface area contributed by atoms with Gasteiger partial charge in [0, 0.05) is 12.6 Å². The fraction of sp³-hybridized carbons (Fsp3) is 0.647. The van der Waals surface area contributed by atoms with E-state index in [1.807, 2.05) is 12.1 Å². The lowest BCUT2D eigenvalue weighted by Gasteiger charge is -2.17. The van der Waals surface area contributed by atoms with Gasteiger partial charge in [-0.15, -0.1) is 0 Å². The molecule has 1 rings (SSSR count). The van der Waals surface area contributed by atoms with Crippen LogP contribution < -0.4 is 14.8 Å². The summed E-state index contributed by atoms with van der Waals surface area (Å²) in [6, 6.07) is 6.71. The van der Waals surface area contributed by atoms with Crippen molar-refractivity contribution in [1.29, 1.82) is 0 Å². The molecule has 0 amide bonds. The van der Waals surface area contributed by atoms with Gasteiger partial charge in [0.2, 0.25) is 0 Å². The van der Waals surface area contributed by atoms with E-state index in [1.165, 1.54) is 37.7 Å². The molecule has 1 atom stereocenters. The van der Waals surface area contributed by atoms with Crippen molar-refractivity contribution in [3.05, 3.63) is 23.8 Å². The second kappa shape index (κ2) is 9.65. The Hall–Kier alpha value is -1.22. The summed E-state index contributed by atoms with van der Waals surface area (Å²) in [6.45, 7) is 5.38. The van der Waals surface area contributed by atoms with Crippen LogP contribution in [0.2, 0.25) is 0 Å². The maximum absolute atomic E-state index is 5.34. The van der Waals surface area contributed by atoms with Crippen molar-refractivity contribution in [2.75, 3.05) is 14.2 Å². The molecule has 1 aromatic rings. The average Bonchev–Trinajstić information content (AvgIpc) is 2.50. The van der Waals surface area contributed by atoms with Gasteiger partial charge in [-0.1, -0.05) is 39.2 Å². The number of unbranched alkanes of at least 4 members (excludes halogenated alkanes) is 2. The van der Waals surface area contributed by atoms with Crippen LogP contribution in [0, 0.1) is 0 Å². The fourth-order valence-corrected chi connectivity index (χ4v) is 2.34. The Balaban J connectivity index is 2.50. The highest BCUT2D eigenvalue weighted by atomic mass is 16.5. The quantitative estimate of drug-likeness (QED) is 0.653. The van der Waals surface area contributed by atoms with E-state index in [1.54, 1.807) is 14.2 Å². The lowest BCUT2D eigenvalue weighted by Crippen LogP contribution is -2.27. The molecule has 0 bridgehead atoms. The van der Waals surface area contributed by atoms with Crippen LogP contribution in [0.15, 0.2) is 18.2 Å². The van der Waals surface area contributed by atoms with Crippen LogP contribution in [0.4, 0.5) is 0 Å². The molecule has 1 aromatic carbocycles. The van der Waals surface area contributed by atoms with Gasteiger partial charge in [-0.2, -0.15) is 0 Å². The van der Waals surface area contributed by atoms with Crippen LogP contribution in [0.1, 0.15) is 51.5 Å². The van der Waals surface area contributed by atoms with Crippen molar-refractivity contribution in [3.63, 3.8) is 0 Å². The van der Waals surface area contributed by atoms with E-state index in [0.29, 0.717) is 6.04 Å². The molecule has 0 aromatic heterocycles. The van der Waals surface area contributed by atoms with Gasteiger partial charge in [-0.3, -0.25) is 0 Å². The van der Waals surface area contributed by atoms with Crippen molar-refractivity contribution in [2.45, 2.75) is 58.5 Å². The minimum absolute atomic E-state index is 0.606. The number of methoxy groups -OCH3 is 2. The molecule has 0 radical (unpaired) electrons. The molecule has 114 valence electrons. The lowest BCUT2D eigenvalue weighted by atomic mass is 10.1. The third kappa shape index (κ3) is 5.41. The molecule has 3 heteroatoms. The number of rotatable bonds is 10. The Morgan fingerprint density at radius 3 is 2.40 bits per heavy atom. The van der Waals surface area contributed by atoms with Gasteiger partial charge in [-0.05, 0) is 30.5 Å². The normalized spacial score (nSPS) is 12.2. The van der Waals surface area contributed by atoms with E-state index in [4.69, 9.17) is 9.47 Å². The standard InChI is InChI=1S/C17H29NO2/c1-5-7-8-9-15(6-2)18-13-14-10-11-16(19-3)17(12-14)20-4/h10-12,15,18H,5-9,13H2,1-4H3. The molecule has 0 saturated carbocycles. The Kier molecular flexibility index (Phi) is 8.12. The zero-order valence-corrected chi connectivity index (χ0v) is 13.4. The first-order chi connectivity index (χ1) is 9.74. The van der Waals surface area contributed by atoms with Gasteiger partial charge in [-0.25, -0.2) is 0 Å². The van der Waals surface area contributed by atoms with Crippen molar-refractivity contribution < 1.29 is 9.47 Å². The minimum Gasteiger partial charge on any atom is -0.493 e. The lowest BCUT2D eigenvalue weighted by molar-refractivity contribution is 0.354. The van der Waals surface area contributed by atoms with Crippen molar-refractivity contribution in [2.24, 2.45) is 0 Å². The van der Waals surface area contributed by atoms with Crippen molar-refractivity contribution in [1.82, 2.24) is 5.32 Å². The predicted molar refractivity (Wildman–Crippen MR) is 84.6 cm³/mol. The highest BCUT2D eigenvalue weighted by Gasteiger charge is 2.07. The molecule has 0 heterocycles. The van der Waals surface area contributed by atoms with E-state index < -0.39 is 0 Å². The third-order valence-corrected chi connectivity index (χ3v) is 3.69. The summed E-state index contributed by atoms with van der Waals surface area (Å²) in [5.74, 6) is 1.58. The van der Waals surface area contributed by atoms with E-state index in [-0.39, 0.29) is 0 Å². The predicted octanol–water partition coefficient (Wildman–Crippen LogP) is 4.15. The van der Waals surface area contributed by atoms with Gasteiger partial charge >= 0.3 is 0 Å². The molecule has 20 heavy (non-hydrogen) atoms. The molecule has 0 aliphatic rings. The average molecular weight is 279 g/mol. The van der Waals surface area contributed by atoms with E-state index in [2.05, 4.69) is 25.2 Å². The van der Waals surface area contributed by atoms with Crippen LogP contribution in [0.25, 0.3) is 0 Å². The summed E-state index contributed by atoms with van der Waals surface area (Å²) in [7, 11) is 3.34. The summed E-state index contributed by atoms with van der Waals surface area (Å²) >= 11 is 0. The molecule has 0 fully saturated rings. The number of ether oxygens (including phenoxy) is 2. The van der Waals surface area contributed by atoms with Crippen LogP contribution in [0.5, 0.6) is 11.5 Å². The summed E-state index contributed by atoms with van der Waals surface area (Å²) in [5, 5.41) is 3.64. The summed E-state index contributed by atoms with van der Waals surface area (Å²) < 4.78 is 10.6. The topological polar surface area (TPSA) is 30.5 Å². The van der Waals surface area contributed by atoms with Gasteiger partial charge < -0.3 is 14.8 Å². The number of nitrogens with one attached hydrogen (secondary N) is 1. The molecular weight excluding hydrogens is 250 g/mol. The zero-order valence-electron chi connectivity index (χ0n) is 13.4. The highest BCUT2D eigenvalue weighted by molar-refractivity contribution is 5.42. The summed E-state index contributed by atoms with van der Waals surface area (Å²) in [4.78, 5) is 0. The summed E-state index contributed by atoms with van der Waals surface area (Å²) in [5.41, 5.74) is 1.23. The van der Waals surface area contributed by atoms with Gasteiger partial charge in [0.15, 0.2) is 11.5 Å². The van der Waals surface area contributed by atoms with Gasteiger partial charge in [0.1, 0.15) is 0 Å². The Morgan fingerprint density at radius 1 is 1.05 bits per heavy atom. The molecule has 0 spiro atoms. The molecule has 0 aliphatic heterocycles. The maximum atomic E-state index is 5.34. The molecule has 0 aliphatic carbocycles. The summed E-state index contributed by atoms with van der Waals surface area (Å²) in [6.07, 6.45) is 6.36. The second-order valence-corrected chi connectivity index (χ2v) is 5.17. The van der Waals surface area contributed by atoms with E-state index in [0.717, 1.165) is 18.0 Å². The van der Waals surface area contributed by atoms with Crippen molar-refractivity contribution >= 4 is 0 Å². The third-order valence-electron chi connectivity index (χ3n) is 3.69. The first-order valence-electron chi connectivity index (χ1n) is 7.69. The van der Waals surface area contributed by atoms with E-state index >= 15 is 0 Å². The highest BCUT2D eigenvalue weighted by Crippen LogP contribution is 2.27. The first-order valence-corrected chi connectivity index (χ1v) is 7.69. The van der Waals surface area contributed by atoms with Crippen LogP contribution in [-0.4, -0.2) is 20.3 Å². The number of hydrogen-bond acceptors (Lipinski definition) is 3. The van der Waals surface area contributed by atoms with Crippen LogP contribution in [0.3, 0.4) is 0 Å². The number of hydrogen-bond donors (Lipinski definition) is 1. The Bertz CT molecular complexity index is 379. The maximum Gasteiger partial charge on any atom is 0.161 e. The zero-order chi connectivity index (χ0) is 14.8. The van der Waals surface area contributed by atoms with Gasteiger partial charge in [0.05, 0.1) is 14.2 Å². The smallest absolute Gasteiger partial charge is 0.161 e. The minimum atomic E-state index is 0.606. The largest absolute Gasteiger partial charge is 0.493 e. The van der Waals surface area contributed by atoms with Crippen molar-refractivity contribution in [3.8, 4) is 11.5 Å². The monoisotopic (exact) mass is 279 g/mol. The fourth-order valence-electron chi connectivity index (χ4n) is 2.34.